The van der Waals surface area contributed by atoms with Crippen LogP contribution in [0.4, 0.5) is 11.4 Å². The molecule has 0 atom stereocenters. The predicted molar refractivity (Wildman–Crippen MR) is 150 cm³/mol. The molecule has 2 aromatic carbocycles. The Morgan fingerprint density at radius 1 is 0.553 bits per heavy atom. The predicted octanol–water partition coefficient (Wildman–Crippen LogP) is 2.07. The van der Waals surface area contributed by atoms with Gasteiger partial charge in [-0.05, 0) is 66.3 Å². The van der Waals surface area contributed by atoms with Crippen molar-refractivity contribution < 1.29 is 19.2 Å². The first-order valence-electron chi connectivity index (χ1n) is 12.9. The minimum Gasteiger partial charge on any atom is -0.377 e. The minimum absolute atomic E-state index is 0.280. The van der Waals surface area contributed by atoms with E-state index in [9.17, 15) is 19.2 Å². The Morgan fingerprint density at radius 2 is 0.895 bits per heavy atom. The highest BCUT2D eigenvalue weighted by molar-refractivity contribution is 6.36. The summed E-state index contributed by atoms with van der Waals surface area (Å²) < 4.78 is 0. The van der Waals surface area contributed by atoms with E-state index in [2.05, 4.69) is 0 Å². The topological polar surface area (TPSA) is 87.7 Å². The molecule has 0 bridgehead atoms. The lowest BCUT2D eigenvalue weighted by molar-refractivity contribution is 0.0585. The number of rotatable bonds is 10. The molecule has 0 saturated carbocycles. The molecule has 4 rings (SSSR count). The fourth-order valence-electron chi connectivity index (χ4n) is 5.32. The monoisotopic (exact) mass is 522 g/mol. The zero-order valence-electron chi connectivity index (χ0n) is 23.7. The Morgan fingerprint density at radius 3 is 1.18 bits per heavy atom. The molecule has 0 N–H and O–H groups in total. The van der Waals surface area contributed by atoms with E-state index in [1.54, 1.807) is 21.9 Å². The van der Waals surface area contributed by atoms with Crippen molar-refractivity contribution in [2.24, 2.45) is 0 Å². The first kappa shape index (κ1) is 27.5. The number of hydrogen-bond donors (Lipinski definition) is 0. The molecule has 10 heteroatoms. The molecule has 0 saturated heterocycles. The van der Waals surface area contributed by atoms with Gasteiger partial charge in [-0.1, -0.05) is 0 Å². The van der Waals surface area contributed by atoms with Gasteiger partial charge in [0.2, 0.25) is 0 Å². The van der Waals surface area contributed by atoms with Crippen LogP contribution in [0.3, 0.4) is 0 Å². The van der Waals surface area contributed by atoms with Crippen LogP contribution in [0.25, 0.3) is 10.8 Å². The molecule has 38 heavy (non-hydrogen) atoms. The second-order valence-corrected chi connectivity index (χ2v) is 11.0. The third kappa shape index (κ3) is 4.52. The minimum atomic E-state index is -0.397. The number of benzene rings is 2. The average Bonchev–Trinajstić information content (AvgIpc) is 2.83. The molecule has 4 amide bonds. The van der Waals surface area contributed by atoms with Crippen molar-refractivity contribution in [1.29, 1.82) is 0 Å². The van der Waals surface area contributed by atoms with Crippen LogP contribution in [-0.4, -0.2) is 126 Å². The molecule has 0 radical (unpaired) electrons. The Balaban J connectivity index is 1.98. The molecule has 2 aliphatic heterocycles. The van der Waals surface area contributed by atoms with Gasteiger partial charge in [0.25, 0.3) is 23.6 Å². The van der Waals surface area contributed by atoms with E-state index in [1.807, 2.05) is 66.2 Å². The second-order valence-electron chi connectivity index (χ2n) is 11.0. The molecule has 2 aliphatic rings. The molecule has 0 fully saturated rings. The molecule has 2 heterocycles. The van der Waals surface area contributed by atoms with Crippen LogP contribution in [0.15, 0.2) is 12.1 Å². The van der Waals surface area contributed by atoms with E-state index in [0.717, 1.165) is 13.1 Å². The lowest BCUT2D eigenvalue weighted by atomic mass is 9.83. The summed E-state index contributed by atoms with van der Waals surface area (Å²) in [6, 6.07) is 3.42. The van der Waals surface area contributed by atoms with Gasteiger partial charge >= 0.3 is 0 Å². The number of carbonyl (C=O) groups excluding carboxylic acids is 4. The fourth-order valence-corrected chi connectivity index (χ4v) is 5.32. The fraction of sp³-hybridized carbons (Fsp3) is 0.500. The van der Waals surface area contributed by atoms with E-state index in [0.29, 0.717) is 57.2 Å². The van der Waals surface area contributed by atoms with Gasteiger partial charge in [0.05, 0.1) is 33.6 Å². The number of imide groups is 2. The molecule has 2 aromatic rings. The SMILES string of the molecule is CN(C)CCCN1C(=O)c2cc(N(C)C)c3c4c(cc(N(C)C)c(c24)C1=O)C(=O)N(CCCN(C)C)C3=O. The highest BCUT2D eigenvalue weighted by atomic mass is 16.2. The van der Waals surface area contributed by atoms with E-state index in [4.69, 9.17) is 0 Å². The molecule has 0 spiro atoms. The zero-order valence-corrected chi connectivity index (χ0v) is 23.7. The van der Waals surface area contributed by atoms with E-state index >= 15 is 0 Å². The molecule has 0 aliphatic carbocycles. The van der Waals surface area contributed by atoms with Gasteiger partial charge < -0.3 is 19.6 Å². The van der Waals surface area contributed by atoms with Crippen molar-refractivity contribution in [3.8, 4) is 0 Å². The largest absolute Gasteiger partial charge is 0.377 e. The van der Waals surface area contributed by atoms with E-state index in [-0.39, 0.29) is 13.1 Å². The maximum absolute atomic E-state index is 13.9. The summed E-state index contributed by atoms with van der Waals surface area (Å²) in [5.74, 6) is -1.58. The van der Waals surface area contributed by atoms with Crippen molar-refractivity contribution in [2.45, 2.75) is 12.8 Å². The molecular formula is C28H38N6O4. The molecule has 0 unspecified atom stereocenters. The average molecular weight is 523 g/mol. The van der Waals surface area contributed by atoms with Crippen LogP contribution >= 0.6 is 0 Å². The maximum Gasteiger partial charge on any atom is 0.263 e. The van der Waals surface area contributed by atoms with Crippen molar-refractivity contribution in [3.05, 3.63) is 34.4 Å². The van der Waals surface area contributed by atoms with Crippen molar-refractivity contribution in [1.82, 2.24) is 19.6 Å². The molecule has 0 aromatic heterocycles. The maximum atomic E-state index is 13.9. The number of nitrogens with zero attached hydrogens (tertiary/aromatic N) is 6. The van der Waals surface area contributed by atoms with E-state index < -0.39 is 23.6 Å². The summed E-state index contributed by atoms with van der Waals surface area (Å²) in [5, 5.41) is 0.806. The number of anilines is 2. The first-order valence-corrected chi connectivity index (χ1v) is 12.9. The quantitative estimate of drug-likeness (QED) is 0.439. The van der Waals surface area contributed by atoms with E-state index in [1.165, 1.54) is 9.80 Å². The van der Waals surface area contributed by atoms with Crippen molar-refractivity contribution in [3.63, 3.8) is 0 Å². The number of amides is 4. The van der Waals surface area contributed by atoms with Crippen molar-refractivity contribution >= 4 is 45.8 Å². The van der Waals surface area contributed by atoms with Crippen LogP contribution in [0.1, 0.15) is 54.3 Å². The highest BCUT2D eigenvalue weighted by Crippen LogP contribution is 2.45. The van der Waals surface area contributed by atoms with Gasteiger partial charge in [0.15, 0.2) is 0 Å². The third-order valence-electron chi connectivity index (χ3n) is 7.17. The molecular weight excluding hydrogens is 484 g/mol. The van der Waals surface area contributed by atoms with Crippen LogP contribution in [0, 0.1) is 0 Å². The van der Waals surface area contributed by atoms with Gasteiger partial charge in [-0.2, -0.15) is 0 Å². The lowest BCUT2D eigenvalue weighted by Gasteiger charge is -2.36. The Bertz CT molecular complexity index is 1230. The van der Waals surface area contributed by atoms with Gasteiger partial charge in [0, 0.05) is 52.1 Å². The van der Waals surface area contributed by atoms with Crippen LogP contribution in [0.2, 0.25) is 0 Å². The second kappa shape index (κ2) is 10.3. The Hall–Kier alpha value is -3.50. The number of hydrogen-bond acceptors (Lipinski definition) is 8. The molecule has 204 valence electrons. The van der Waals surface area contributed by atoms with Gasteiger partial charge in [-0.15, -0.1) is 0 Å². The van der Waals surface area contributed by atoms with Gasteiger partial charge in [-0.25, -0.2) is 0 Å². The highest BCUT2D eigenvalue weighted by Gasteiger charge is 2.43. The summed E-state index contributed by atoms with van der Waals surface area (Å²) in [6.07, 6.45) is 1.27. The van der Waals surface area contributed by atoms with Gasteiger partial charge in [-0.3, -0.25) is 29.0 Å². The third-order valence-corrected chi connectivity index (χ3v) is 7.17. The normalized spacial score (nSPS) is 15.0. The summed E-state index contributed by atoms with van der Waals surface area (Å²) in [6.45, 7) is 2.02. The summed E-state index contributed by atoms with van der Waals surface area (Å²) >= 11 is 0. The first-order chi connectivity index (χ1) is 17.9. The van der Waals surface area contributed by atoms with Crippen LogP contribution in [-0.2, 0) is 0 Å². The number of carbonyl (C=O) groups is 4. The lowest BCUT2D eigenvalue weighted by Crippen LogP contribution is -2.45. The summed E-state index contributed by atoms with van der Waals surface area (Å²) in [5.41, 5.74) is 2.53. The Labute approximate surface area is 224 Å². The smallest absolute Gasteiger partial charge is 0.263 e. The van der Waals surface area contributed by atoms with Gasteiger partial charge in [0.1, 0.15) is 0 Å². The zero-order chi connectivity index (χ0) is 28.0. The molecule has 10 nitrogen and oxygen atoms in total. The summed E-state index contributed by atoms with van der Waals surface area (Å²) in [4.78, 5) is 65.5. The van der Waals surface area contributed by atoms with Crippen molar-refractivity contribution in [2.75, 3.05) is 92.4 Å². The standard InChI is InChI=1S/C28H38N6O4/c1-29(2)11-9-13-33-25(35)17-15-20(32(7)8)24-22-18(16-19(31(5)6)23(21(17)22)27(33)37)26(36)34(28(24)38)14-10-12-30(3)4/h15-16H,9-14H2,1-8H3. The Kier molecular flexibility index (Phi) is 7.49. The summed E-state index contributed by atoms with van der Waals surface area (Å²) in [7, 11) is 15.0. The van der Waals surface area contributed by atoms with Crippen LogP contribution in [0.5, 0.6) is 0 Å². The van der Waals surface area contributed by atoms with Crippen LogP contribution < -0.4 is 9.80 Å².